The summed E-state index contributed by atoms with van der Waals surface area (Å²) in [5.41, 5.74) is 0.930. The van der Waals surface area contributed by atoms with Gasteiger partial charge in [0.15, 0.2) is 0 Å². The molecule has 3 rings (SSSR count). The van der Waals surface area contributed by atoms with Gasteiger partial charge in [-0.2, -0.15) is 0 Å². The Hall–Kier alpha value is -2.65. The van der Waals surface area contributed by atoms with Crippen molar-refractivity contribution in [3.8, 4) is 0 Å². The standard InChI is InChI=1S/C19H25ClN4O3.CH2O2/c1-12(2)8-22(3)18(26)14-10-23(7-6-16(14)25)19(27)15-11-24-9-13(20)4-5-17(24)21-15;2-1-3/h4-5,9,11-12,14,16,25H,6-8,10H2,1-3H3;1H,(H,2,3)/t14-,16+;/m0./s1. The SMILES string of the molecule is CC(C)CN(C)C(=O)[C@H]1CN(C(=O)c2cn3cc(Cl)ccc3n2)CC[C@H]1O.O=CO. The van der Waals surface area contributed by atoms with Crippen LogP contribution in [0.4, 0.5) is 0 Å². The summed E-state index contributed by atoms with van der Waals surface area (Å²) in [6, 6.07) is 3.46. The van der Waals surface area contributed by atoms with Gasteiger partial charge >= 0.3 is 0 Å². The summed E-state index contributed by atoms with van der Waals surface area (Å²) >= 11 is 5.98. The average molecular weight is 439 g/mol. The summed E-state index contributed by atoms with van der Waals surface area (Å²) in [4.78, 5) is 41.6. The first-order valence-electron chi connectivity index (χ1n) is 9.62. The average Bonchev–Trinajstić information content (AvgIpc) is 3.10. The lowest BCUT2D eigenvalue weighted by Crippen LogP contribution is -2.52. The molecule has 2 aromatic rings. The molecule has 9 nitrogen and oxygen atoms in total. The van der Waals surface area contributed by atoms with Gasteiger partial charge in [0, 0.05) is 39.1 Å². The Labute approximate surface area is 179 Å². The van der Waals surface area contributed by atoms with Gasteiger partial charge in [0.1, 0.15) is 11.3 Å². The number of carbonyl (C=O) groups excluding carboxylic acids is 2. The van der Waals surface area contributed by atoms with E-state index in [2.05, 4.69) is 4.98 Å². The van der Waals surface area contributed by atoms with E-state index in [4.69, 9.17) is 21.5 Å². The Balaban J connectivity index is 0.00000101. The molecule has 1 aliphatic rings. The van der Waals surface area contributed by atoms with Gasteiger partial charge in [0.2, 0.25) is 5.91 Å². The second-order valence-corrected chi connectivity index (χ2v) is 8.11. The molecule has 0 bridgehead atoms. The zero-order valence-electron chi connectivity index (χ0n) is 17.2. The summed E-state index contributed by atoms with van der Waals surface area (Å²) < 4.78 is 1.70. The number of carbonyl (C=O) groups is 3. The molecule has 2 aromatic heterocycles. The molecule has 0 unspecified atom stereocenters. The fraction of sp³-hybridized carbons (Fsp3) is 0.500. The van der Waals surface area contributed by atoms with Gasteiger partial charge in [0.05, 0.1) is 17.0 Å². The van der Waals surface area contributed by atoms with E-state index in [1.54, 1.807) is 45.8 Å². The van der Waals surface area contributed by atoms with E-state index in [1.165, 1.54) is 0 Å². The minimum absolute atomic E-state index is 0.129. The van der Waals surface area contributed by atoms with Crippen molar-refractivity contribution in [1.82, 2.24) is 19.2 Å². The van der Waals surface area contributed by atoms with Crippen LogP contribution in [0.25, 0.3) is 5.65 Å². The van der Waals surface area contributed by atoms with Crippen molar-refractivity contribution >= 4 is 35.5 Å². The van der Waals surface area contributed by atoms with Crippen LogP contribution < -0.4 is 0 Å². The lowest BCUT2D eigenvalue weighted by Gasteiger charge is -2.37. The predicted octanol–water partition coefficient (Wildman–Crippen LogP) is 1.63. The highest BCUT2D eigenvalue weighted by Gasteiger charge is 2.37. The Kier molecular flexibility index (Phi) is 8.19. The molecule has 0 saturated carbocycles. The number of fused-ring (bicyclic) bond motifs is 1. The van der Waals surface area contributed by atoms with Gasteiger partial charge in [0.25, 0.3) is 12.4 Å². The van der Waals surface area contributed by atoms with E-state index >= 15 is 0 Å². The van der Waals surface area contributed by atoms with Gasteiger partial charge in [-0.1, -0.05) is 25.4 Å². The van der Waals surface area contributed by atoms with Crippen molar-refractivity contribution in [2.45, 2.75) is 26.4 Å². The number of hydrogen-bond donors (Lipinski definition) is 2. The molecule has 2 N–H and O–H groups in total. The molecule has 2 amide bonds. The Bertz CT molecular complexity index is 900. The number of aliphatic hydroxyl groups is 1. The number of likely N-dealkylation sites (tertiary alicyclic amines) is 1. The van der Waals surface area contributed by atoms with Gasteiger partial charge in [-0.25, -0.2) is 4.98 Å². The Morgan fingerprint density at radius 1 is 1.37 bits per heavy atom. The summed E-state index contributed by atoms with van der Waals surface area (Å²) in [6.07, 6.45) is 2.96. The van der Waals surface area contributed by atoms with E-state index in [9.17, 15) is 14.7 Å². The fourth-order valence-electron chi connectivity index (χ4n) is 3.52. The van der Waals surface area contributed by atoms with E-state index < -0.39 is 12.0 Å². The van der Waals surface area contributed by atoms with Crippen LogP contribution >= 0.6 is 11.6 Å². The first kappa shape index (κ1) is 23.6. The summed E-state index contributed by atoms with van der Waals surface area (Å²) in [5.74, 6) is -0.651. The molecule has 164 valence electrons. The highest BCUT2D eigenvalue weighted by molar-refractivity contribution is 6.30. The molecule has 1 saturated heterocycles. The molecular weight excluding hydrogens is 412 g/mol. The van der Waals surface area contributed by atoms with Crippen LogP contribution in [0.2, 0.25) is 5.02 Å². The van der Waals surface area contributed by atoms with Crippen molar-refractivity contribution in [3.05, 3.63) is 35.2 Å². The summed E-state index contributed by atoms with van der Waals surface area (Å²) in [5, 5.41) is 17.8. The van der Waals surface area contributed by atoms with Crippen LogP contribution in [0.3, 0.4) is 0 Å². The van der Waals surface area contributed by atoms with E-state index in [0.29, 0.717) is 41.8 Å². The number of carboxylic acid groups (broad SMARTS) is 1. The predicted molar refractivity (Wildman–Crippen MR) is 111 cm³/mol. The van der Waals surface area contributed by atoms with Crippen molar-refractivity contribution < 1.29 is 24.6 Å². The van der Waals surface area contributed by atoms with Gasteiger partial charge in [-0.15, -0.1) is 0 Å². The second-order valence-electron chi connectivity index (χ2n) is 7.67. The first-order valence-corrected chi connectivity index (χ1v) is 10.00. The van der Waals surface area contributed by atoms with Crippen molar-refractivity contribution in [2.24, 2.45) is 11.8 Å². The lowest BCUT2D eigenvalue weighted by molar-refractivity contribution is -0.140. The largest absolute Gasteiger partial charge is 0.483 e. The highest BCUT2D eigenvalue weighted by Crippen LogP contribution is 2.22. The molecule has 3 heterocycles. The third-order valence-electron chi connectivity index (χ3n) is 4.83. The maximum absolute atomic E-state index is 12.9. The fourth-order valence-corrected chi connectivity index (χ4v) is 3.69. The van der Waals surface area contributed by atoms with E-state index in [0.717, 1.165) is 0 Å². The lowest BCUT2D eigenvalue weighted by atomic mass is 9.93. The molecule has 2 atom stereocenters. The van der Waals surface area contributed by atoms with Gasteiger partial charge in [-0.05, 0) is 24.5 Å². The topological polar surface area (TPSA) is 115 Å². The minimum Gasteiger partial charge on any atom is -0.483 e. The molecule has 10 heteroatoms. The van der Waals surface area contributed by atoms with Crippen molar-refractivity contribution in [3.63, 3.8) is 0 Å². The molecule has 0 aliphatic carbocycles. The maximum atomic E-state index is 12.9. The van der Waals surface area contributed by atoms with Crippen LogP contribution in [0.1, 0.15) is 30.8 Å². The summed E-state index contributed by atoms with van der Waals surface area (Å²) in [7, 11) is 1.74. The zero-order chi connectivity index (χ0) is 22.4. The normalized spacial score (nSPS) is 18.7. The van der Waals surface area contributed by atoms with Crippen LogP contribution in [-0.2, 0) is 9.59 Å². The van der Waals surface area contributed by atoms with Gasteiger partial charge in [-0.3, -0.25) is 14.4 Å². The number of hydrogen-bond acceptors (Lipinski definition) is 5. The number of halogens is 1. The molecule has 1 aliphatic heterocycles. The number of amides is 2. The number of aromatic nitrogens is 2. The molecule has 0 radical (unpaired) electrons. The van der Waals surface area contributed by atoms with Crippen LogP contribution in [-0.4, -0.2) is 80.5 Å². The Morgan fingerprint density at radius 2 is 2.03 bits per heavy atom. The van der Waals surface area contributed by atoms with Gasteiger partial charge < -0.3 is 24.4 Å². The maximum Gasteiger partial charge on any atom is 0.290 e. The highest BCUT2D eigenvalue weighted by atomic mass is 35.5. The smallest absolute Gasteiger partial charge is 0.290 e. The first-order chi connectivity index (χ1) is 14.2. The van der Waals surface area contributed by atoms with Crippen LogP contribution in [0, 0.1) is 11.8 Å². The number of imidazole rings is 1. The van der Waals surface area contributed by atoms with Crippen LogP contribution in [0.5, 0.6) is 0 Å². The number of rotatable bonds is 4. The van der Waals surface area contributed by atoms with E-state index in [1.807, 2.05) is 13.8 Å². The molecular formula is C20H27ClN4O5. The second kappa shape index (κ2) is 10.4. The third kappa shape index (κ3) is 5.70. The molecule has 30 heavy (non-hydrogen) atoms. The quantitative estimate of drug-likeness (QED) is 0.701. The zero-order valence-corrected chi connectivity index (χ0v) is 18.0. The number of nitrogens with zero attached hydrogens (tertiary/aromatic N) is 4. The number of aliphatic hydroxyl groups excluding tert-OH is 1. The third-order valence-corrected chi connectivity index (χ3v) is 5.05. The van der Waals surface area contributed by atoms with Crippen LogP contribution in [0.15, 0.2) is 24.5 Å². The van der Waals surface area contributed by atoms with E-state index in [-0.39, 0.29) is 24.8 Å². The monoisotopic (exact) mass is 438 g/mol. The molecule has 1 fully saturated rings. The summed E-state index contributed by atoms with van der Waals surface area (Å²) in [6.45, 7) is 5.02. The minimum atomic E-state index is -0.740. The Morgan fingerprint density at radius 3 is 2.67 bits per heavy atom. The number of pyridine rings is 1. The number of piperidine rings is 1. The molecule has 0 spiro atoms. The molecule has 0 aromatic carbocycles. The van der Waals surface area contributed by atoms with Crippen molar-refractivity contribution in [1.29, 1.82) is 0 Å². The van der Waals surface area contributed by atoms with Crippen molar-refractivity contribution in [2.75, 3.05) is 26.7 Å².